The van der Waals surface area contributed by atoms with Crippen LogP contribution in [0.1, 0.15) is 62.7 Å². The van der Waals surface area contributed by atoms with Gasteiger partial charge in [-0.25, -0.2) is 0 Å². The van der Waals surface area contributed by atoms with E-state index in [1.807, 2.05) is 41.5 Å². The van der Waals surface area contributed by atoms with Crippen LogP contribution in [0.3, 0.4) is 0 Å². The Kier molecular flexibility index (Phi) is 5.79. The predicted octanol–water partition coefficient (Wildman–Crippen LogP) is 2.86. The lowest BCUT2D eigenvalue weighted by molar-refractivity contribution is -0.356. The fourth-order valence-electron chi connectivity index (χ4n) is 7.91. The summed E-state index contributed by atoms with van der Waals surface area (Å²) in [5.41, 5.74) is -2.86. The largest absolute Gasteiger partial charge is 0.459 e. The summed E-state index contributed by atoms with van der Waals surface area (Å²) in [4.78, 5) is 12.5. The molecule has 0 aromatic carbocycles. The first kappa shape index (κ1) is 24.1. The van der Waals surface area contributed by atoms with Gasteiger partial charge < -0.3 is 29.0 Å². The highest BCUT2D eigenvalue weighted by Crippen LogP contribution is 2.66. The maximum Gasteiger partial charge on any atom is 0.303 e. The van der Waals surface area contributed by atoms with E-state index in [-0.39, 0.29) is 31.1 Å². The third kappa shape index (κ3) is 3.17. The van der Waals surface area contributed by atoms with Gasteiger partial charge in [0.15, 0.2) is 0 Å². The molecule has 1 saturated heterocycles. The van der Waals surface area contributed by atoms with E-state index in [0.29, 0.717) is 6.42 Å². The Morgan fingerprint density at radius 2 is 1.94 bits per heavy atom. The molecule has 4 aliphatic rings. The highest BCUT2D eigenvalue weighted by atomic mass is 32.2. The van der Waals surface area contributed by atoms with Crippen molar-refractivity contribution < 1.29 is 35.1 Å². The highest BCUT2D eigenvalue weighted by molar-refractivity contribution is 7.93. The van der Waals surface area contributed by atoms with Crippen LogP contribution in [0.5, 0.6) is 0 Å². The van der Waals surface area contributed by atoms with Crippen LogP contribution in [0.25, 0.3) is 0 Å². The number of esters is 1. The third-order valence-electron chi connectivity index (χ3n) is 9.89. The molecule has 0 aromatic heterocycles. The Morgan fingerprint density at radius 1 is 1.27 bits per heavy atom. The molecule has 2 unspecified atom stereocenters. The van der Waals surface area contributed by atoms with Gasteiger partial charge in [0.1, 0.15) is 17.3 Å². The Hall–Kier alpha value is -0.640. The Labute approximate surface area is 202 Å². The van der Waals surface area contributed by atoms with Gasteiger partial charge >= 0.3 is 5.97 Å². The summed E-state index contributed by atoms with van der Waals surface area (Å²) in [5, 5.41) is 36.6. The first-order valence-corrected chi connectivity index (χ1v) is 12.8. The van der Waals surface area contributed by atoms with Crippen LogP contribution in [0.15, 0.2) is 11.1 Å². The van der Waals surface area contributed by atoms with Crippen molar-refractivity contribution >= 4 is 18.0 Å². The Morgan fingerprint density at radius 3 is 2.48 bits per heavy atom. The number of aliphatic hydroxyl groups is 3. The van der Waals surface area contributed by atoms with Gasteiger partial charge in [0.25, 0.3) is 0 Å². The maximum atomic E-state index is 12.6. The topological polar surface area (TPSA) is 105 Å². The molecule has 0 aromatic rings. The smallest absolute Gasteiger partial charge is 0.303 e. The molecule has 3 aliphatic carbocycles. The molecule has 8 heteroatoms. The van der Waals surface area contributed by atoms with Crippen molar-refractivity contribution in [2.24, 2.45) is 28.6 Å². The molecule has 2 saturated carbocycles. The van der Waals surface area contributed by atoms with E-state index in [9.17, 15) is 20.1 Å². The third-order valence-corrected chi connectivity index (χ3v) is 10.3. The number of fused-ring (bicyclic) bond motifs is 5. The van der Waals surface area contributed by atoms with Crippen LogP contribution < -0.4 is 0 Å². The maximum absolute atomic E-state index is 12.6. The van der Waals surface area contributed by atoms with Crippen molar-refractivity contribution in [2.75, 3.05) is 12.8 Å². The highest BCUT2D eigenvalue weighted by Gasteiger charge is 2.74. The number of carbonyl (C=O) groups excluding carboxylic acids is 1. The van der Waals surface area contributed by atoms with Crippen LogP contribution >= 0.6 is 12.0 Å². The SMILES string of the molecule is [3H]CSO[C@H]1C[C@@]2(O)C(OC(C)=O)C3[C@](C)([C@H](O)[C@H](C)C(=C1C)C2(C)C)[C@@H](C)C[C@H]1OC[C@@]31O. The molecule has 0 radical (unpaired) electrons. The molecular weight excluding hydrogens is 444 g/mol. The van der Waals surface area contributed by atoms with E-state index in [1.54, 1.807) is 0 Å². The molecular formula is C25H40O7S. The Balaban J connectivity index is 2.01. The minimum absolute atomic E-state index is 0.00344. The predicted molar refractivity (Wildman–Crippen MR) is 125 cm³/mol. The fourth-order valence-corrected chi connectivity index (χ4v) is 8.29. The van der Waals surface area contributed by atoms with Crippen LogP contribution in [0.2, 0.25) is 0 Å². The molecule has 4 rings (SSSR count). The summed E-state index contributed by atoms with van der Waals surface area (Å²) in [5.74, 6) is -1.71. The van der Waals surface area contributed by atoms with E-state index < -0.39 is 58.3 Å². The van der Waals surface area contributed by atoms with Gasteiger partial charge in [-0.15, -0.1) is 0 Å². The van der Waals surface area contributed by atoms with Crippen molar-refractivity contribution in [1.29, 1.82) is 0 Å². The van der Waals surface area contributed by atoms with Crippen molar-refractivity contribution in [3.05, 3.63) is 11.1 Å². The molecule has 7 nitrogen and oxygen atoms in total. The second-order valence-corrected chi connectivity index (χ2v) is 12.0. The summed E-state index contributed by atoms with van der Waals surface area (Å²) in [6.45, 7) is 13.2. The van der Waals surface area contributed by atoms with Crippen LogP contribution in [0.4, 0.5) is 0 Å². The molecule has 1 heterocycles. The van der Waals surface area contributed by atoms with E-state index in [0.717, 1.165) is 23.2 Å². The van der Waals surface area contributed by atoms with Gasteiger partial charge in [0.2, 0.25) is 0 Å². The van der Waals surface area contributed by atoms with Gasteiger partial charge in [0.05, 0.1) is 24.9 Å². The van der Waals surface area contributed by atoms with Gasteiger partial charge in [-0.05, 0) is 36.9 Å². The van der Waals surface area contributed by atoms with Gasteiger partial charge in [-0.3, -0.25) is 4.79 Å². The monoisotopic (exact) mass is 486 g/mol. The summed E-state index contributed by atoms with van der Waals surface area (Å²) in [6, 6.07) is 0. The van der Waals surface area contributed by atoms with Crippen LogP contribution in [-0.2, 0) is 18.5 Å². The lowest BCUT2D eigenvalue weighted by Gasteiger charge is -2.69. The lowest BCUT2D eigenvalue weighted by atomic mass is 9.42. The van der Waals surface area contributed by atoms with Gasteiger partial charge in [0, 0.05) is 43.6 Å². The van der Waals surface area contributed by atoms with Gasteiger partial charge in [-0.1, -0.05) is 40.2 Å². The lowest BCUT2D eigenvalue weighted by Crippen LogP contribution is -2.80. The quantitative estimate of drug-likeness (QED) is 0.318. The average Bonchev–Trinajstić information content (AvgIpc) is 2.74. The number of rotatable bonds is 3. The molecule has 1 aliphatic heterocycles. The van der Waals surface area contributed by atoms with E-state index in [2.05, 4.69) is 0 Å². The normalized spacial score (nSPS) is 51.3. The molecule has 0 amide bonds. The molecule has 188 valence electrons. The van der Waals surface area contributed by atoms with Crippen LogP contribution in [0, 0.1) is 28.6 Å². The van der Waals surface area contributed by atoms with E-state index in [1.165, 1.54) is 6.92 Å². The average molecular weight is 487 g/mol. The zero-order chi connectivity index (χ0) is 25.4. The van der Waals surface area contributed by atoms with Crippen molar-refractivity contribution in [1.82, 2.24) is 0 Å². The number of aliphatic hydroxyl groups excluding tert-OH is 1. The standard InChI is InChI=1S/C25H40O7S/c1-12-9-17-24(28,11-30-17)19-21(31-15(4)26)25(29)10-16(32-33-8)13(2)18(22(25,5)6)14(3)20(27)23(12,19)7/h12,14,16-17,19-21,27-29H,9-11H2,1-8H3/t12-,14+,16-,17+,19?,20+,21?,23+,24-,25+/m0/s1/i8T. The second-order valence-electron chi connectivity index (χ2n) is 11.6. The van der Waals surface area contributed by atoms with Crippen LogP contribution in [-0.4, -0.2) is 69.7 Å². The minimum Gasteiger partial charge on any atom is -0.459 e. The summed E-state index contributed by atoms with van der Waals surface area (Å²) in [7, 11) is 0. The molecule has 3 N–H and O–H groups in total. The zero-order valence-corrected chi connectivity index (χ0v) is 21.6. The number of hydrogen-bond donors (Lipinski definition) is 3. The van der Waals surface area contributed by atoms with Crippen molar-refractivity contribution in [3.8, 4) is 0 Å². The summed E-state index contributed by atoms with van der Waals surface area (Å²) >= 11 is 1.00. The summed E-state index contributed by atoms with van der Waals surface area (Å²) < 4.78 is 25.2. The second kappa shape index (κ2) is 7.93. The number of ether oxygens (including phenoxy) is 2. The van der Waals surface area contributed by atoms with Crippen molar-refractivity contribution in [2.45, 2.75) is 96.9 Å². The Bertz CT molecular complexity index is 879. The minimum atomic E-state index is -1.59. The molecule has 0 spiro atoms. The molecule has 3 fully saturated rings. The van der Waals surface area contributed by atoms with E-state index >= 15 is 0 Å². The fraction of sp³-hybridized carbons (Fsp3) is 0.880. The summed E-state index contributed by atoms with van der Waals surface area (Å²) in [6.07, 6.45) is -2.21. The number of carbonyl (C=O) groups is 1. The zero-order valence-electron chi connectivity index (χ0n) is 21.8. The molecule has 10 atom stereocenters. The van der Waals surface area contributed by atoms with E-state index in [4.69, 9.17) is 15.0 Å². The van der Waals surface area contributed by atoms with Crippen molar-refractivity contribution in [3.63, 3.8) is 0 Å². The molecule has 33 heavy (non-hydrogen) atoms. The first-order chi connectivity index (χ1) is 15.7. The first-order valence-electron chi connectivity index (χ1n) is 12.6. The van der Waals surface area contributed by atoms with Gasteiger partial charge in [-0.2, -0.15) is 0 Å². The number of hydrogen-bond acceptors (Lipinski definition) is 8. The molecule has 2 bridgehead atoms.